The molecular weight excluding hydrogens is 242 g/mol. The zero-order chi connectivity index (χ0) is 12.6. The first-order chi connectivity index (χ1) is 7.86. The molecule has 1 aromatic rings. The SMILES string of the molecule is CN(C)c1cc(OC2CC2)cc(S(N)(=O)=O)n1. The summed E-state index contributed by atoms with van der Waals surface area (Å²) in [6, 6.07) is 3.06. The van der Waals surface area contributed by atoms with E-state index in [1.807, 2.05) is 0 Å². The Morgan fingerprint density at radius 1 is 1.41 bits per heavy atom. The maximum atomic E-state index is 11.3. The van der Waals surface area contributed by atoms with Crippen LogP contribution in [0.4, 0.5) is 5.82 Å². The summed E-state index contributed by atoms with van der Waals surface area (Å²) in [5.41, 5.74) is 0. The van der Waals surface area contributed by atoms with Crippen molar-refractivity contribution in [2.45, 2.75) is 24.0 Å². The van der Waals surface area contributed by atoms with Crippen LogP contribution in [0.15, 0.2) is 17.2 Å². The summed E-state index contributed by atoms with van der Waals surface area (Å²) in [7, 11) is -0.267. The van der Waals surface area contributed by atoms with Gasteiger partial charge in [-0.05, 0) is 12.8 Å². The van der Waals surface area contributed by atoms with Crippen molar-refractivity contribution in [1.82, 2.24) is 4.98 Å². The Bertz CT molecular complexity index is 524. The van der Waals surface area contributed by atoms with E-state index in [1.54, 1.807) is 25.1 Å². The Kier molecular flexibility index (Phi) is 2.96. The van der Waals surface area contributed by atoms with Crippen molar-refractivity contribution >= 4 is 15.8 Å². The lowest BCUT2D eigenvalue weighted by atomic mass is 10.4. The summed E-state index contributed by atoms with van der Waals surface area (Å²) >= 11 is 0. The van der Waals surface area contributed by atoms with Gasteiger partial charge in [-0.15, -0.1) is 0 Å². The van der Waals surface area contributed by atoms with E-state index in [1.165, 1.54) is 6.07 Å². The third-order valence-corrected chi connectivity index (χ3v) is 3.13. The van der Waals surface area contributed by atoms with Crippen molar-refractivity contribution in [3.05, 3.63) is 12.1 Å². The molecule has 0 spiro atoms. The van der Waals surface area contributed by atoms with Gasteiger partial charge in [0, 0.05) is 26.2 Å². The summed E-state index contributed by atoms with van der Waals surface area (Å²) < 4.78 is 28.2. The van der Waals surface area contributed by atoms with Gasteiger partial charge in [0.05, 0.1) is 6.10 Å². The molecule has 2 N–H and O–H groups in total. The summed E-state index contributed by atoms with van der Waals surface area (Å²) in [5.74, 6) is 1.00. The van der Waals surface area contributed by atoms with Crippen molar-refractivity contribution in [3.63, 3.8) is 0 Å². The number of ether oxygens (including phenoxy) is 1. The quantitative estimate of drug-likeness (QED) is 0.840. The van der Waals surface area contributed by atoms with Gasteiger partial charge in [0.1, 0.15) is 11.6 Å². The van der Waals surface area contributed by atoms with E-state index in [4.69, 9.17) is 9.88 Å². The van der Waals surface area contributed by atoms with Crippen LogP contribution in [0.2, 0.25) is 0 Å². The van der Waals surface area contributed by atoms with Gasteiger partial charge in [0.2, 0.25) is 0 Å². The highest BCUT2D eigenvalue weighted by atomic mass is 32.2. The zero-order valence-corrected chi connectivity index (χ0v) is 10.6. The molecule has 1 aliphatic carbocycles. The summed E-state index contributed by atoms with van der Waals surface area (Å²) in [6.45, 7) is 0. The number of anilines is 1. The van der Waals surface area contributed by atoms with Crippen LogP contribution >= 0.6 is 0 Å². The Hall–Kier alpha value is -1.34. The predicted molar refractivity (Wildman–Crippen MR) is 63.6 cm³/mol. The highest BCUT2D eigenvalue weighted by molar-refractivity contribution is 7.89. The largest absolute Gasteiger partial charge is 0.490 e. The highest BCUT2D eigenvalue weighted by Gasteiger charge is 2.24. The van der Waals surface area contributed by atoms with Crippen molar-refractivity contribution in [2.24, 2.45) is 5.14 Å². The minimum atomic E-state index is -3.81. The van der Waals surface area contributed by atoms with E-state index in [9.17, 15) is 8.42 Å². The van der Waals surface area contributed by atoms with Crippen LogP contribution in [0.1, 0.15) is 12.8 Å². The molecule has 0 radical (unpaired) electrons. The monoisotopic (exact) mass is 257 g/mol. The molecule has 1 aliphatic rings. The fourth-order valence-corrected chi connectivity index (χ4v) is 1.79. The van der Waals surface area contributed by atoms with E-state index in [0.29, 0.717) is 11.6 Å². The van der Waals surface area contributed by atoms with E-state index < -0.39 is 10.0 Å². The van der Waals surface area contributed by atoms with Crippen molar-refractivity contribution in [2.75, 3.05) is 19.0 Å². The lowest BCUT2D eigenvalue weighted by Gasteiger charge is -2.14. The van der Waals surface area contributed by atoms with E-state index in [2.05, 4.69) is 4.98 Å². The van der Waals surface area contributed by atoms with Gasteiger partial charge in [-0.25, -0.2) is 18.5 Å². The molecule has 94 valence electrons. The number of aromatic nitrogens is 1. The van der Waals surface area contributed by atoms with Gasteiger partial charge in [-0.1, -0.05) is 0 Å². The van der Waals surface area contributed by atoms with Gasteiger partial charge in [0.25, 0.3) is 10.0 Å². The standard InChI is InChI=1S/C10H15N3O3S/c1-13(2)9-5-8(16-7-3-4-7)6-10(12-9)17(11,14)15/h5-7H,3-4H2,1-2H3,(H2,11,14,15). The minimum Gasteiger partial charge on any atom is -0.490 e. The molecule has 0 bridgehead atoms. The normalized spacial score (nSPS) is 15.7. The second-order valence-electron chi connectivity index (χ2n) is 4.26. The highest BCUT2D eigenvalue weighted by Crippen LogP contribution is 2.29. The average Bonchev–Trinajstić information content (AvgIpc) is 2.99. The third kappa shape index (κ3) is 3.07. The van der Waals surface area contributed by atoms with Crippen LogP contribution in [0.5, 0.6) is 5.75 Å². The van der Waals surface area contributed by atoms with Gasteiger partial charge < -0.3 is 9.64 Å². The van der Waals surface area contributed by atoms with Gasteiger partial charge in [-0.2, -0.15) is 0 Å². The fraction of sp³-hybridized carbons (Fsp3) is 0.500. The van der Waals surface area contributed by atoms with Crippen molar-refractivity contribution in [3.8, 4) is 5.75 Å². The molecule has 1 saturated carbocycles. The van der Waals surface area contributed by atoms with Gasteiger partial charge in [0.15, 0.2) is 5.03 Å². The fourth-order valence-electron chi connectivity index (χ4n) is 1.29. The third-order valence-electron chi connectivity index (χ3n) is 2.34. The van der Waals surface area contributed by atoms with Crippen molar-refractivity contribution in [1.29, 1.82) is 0 Å². The molecule has 0 aromatic carbocycles. The van der Waals surface area contributed by atoms with Gasteiger partial charge in [-0.3, -0.25) is 0 Å². The first-order valence-electron chi connectivity index (χ1n) is 5.25. The van der Waals surface area contributed by atoms with E-state index in [-0.39, 0.29) is 11.1 Å². The smallest absolute Gasteiger partial charge is 0.255 e. The Morgan fingerprint density at radius 2 is 2.06 bits per heavy atom. The summed E-state index contributed by atoms with van der Waals surface area (Å²) in [4.78, 5) is 5.67. The number of hydrogen-bond acceptors (Lipinski definition) is 5. The molecule has 2 rings (SSSR count). The summed E-state index contributed by atoms with van der Waals surface area (Å²) in [6.07, 6.45) is 2.20. The van der Waals surface area contributed by atoms with Crippen LogP contribution in [-0.4, -0.2) is 33.6 Å². The number of nitrogens with zero attached hydrogens (tertiary/aromatic N) is 2. The molecule has 0 aliphatic heterocycles. The van der Waals surface area contributed by atoms with Crippen LogP contribution in [0.25, 0.3) is 0 Å². The molecule has 0 atom stereocenters. The van der Waals surface area contributed by atoms with E-state index >= 15 is 0 Å². The molecule has 17 heavy (non-hydrogen) atoms. The minimum absolute atomic E-state index is 0.167. The number of pyridine rings is 1. The second kappa shape index (κ2) is 4.15. The molecule has 7 heteroatoms. The number of sulfonamides is 1. The van der Waals surface area contributed by atoms with Crippen LogP contribution < -0.4 is 14.8 Å². The average molecular weight is 257 g/mol. The maximum Gasteiger partial charge on any atom is 0.255 e. The Balaban J connectivity index is 2.41. The van der Waals surface area contributed by atoms with Crippen LogP contribution in [0.3, 0.4) is 0 Å². The lowest BCUT2D eigenvalue weighted by Crippen LogP contribution is -2.18. The Labute approximate surface area is 100 Å². The first-order valence-corrected chi connectivity index (χ1v) is 6.80. The molecule has 6 nitrogen and oxygen atoms in total. The van der Waals surface area contributed by atoms with Gasteiger partial charge >= 0.3 is 0 Å². The molecule has 0 saturated heterocycles. The lowest BCUT2D eigenvalue weighted by molar-refractivity contribution is 0.302. The summed E-state index contributed by atoms with van der Waals surface area (Å²) in [5, 5.41) is 4.91. The molecule has 1 fully saturated rings. The number of rotatable bonds is 4. The number of nitrogens with two attached hydrogens (primary N) is 1. The maximum absolute atomic E-state index is 11.3. The Morgan fingerprint density at radius 3 is 2.53 bits per heavy atom. The molecule has 1 aromatic heterocycles. The van der Waals surface area contributed by atoms with Crippen LogP contribution in [-0.2, 0) is 10.0 Å². The molecule has 1 heterocycles. The predicted octanol–water partition coefficient (Wildman–Crippen LogP) is 0.336. The molecule has 0 amide bonds. The number of hydrogen-bond donors (Lipinski definition) is 1. The number of primary sulfonamides is 1. The topological polar surface area (TPSA) is 85.5 Å². The van der Waals surface area contributed by atoms with Crippen LogP contribution in [0, 0.1) is 0 Å². The molecule has 0 unspecified atom stereocenters. The van der Waals surface area contributed by atoms with E-state index in [0.717, 1.165) is 12.8 Å². The van der Waals surface area contributed by atoms with Crippen molar-refractivity contribution < 1.29 is 13.2 Å². The second-order valence-corrected chi connectivity index (χ2v) is 5.76. The molecular formula is C10H15N3O3S. The zero-order valence-electron chi connectivity index (χ0n) is 9.75. The first kappa shape index (κ1) is 12.1.